The molecule has 2 aromatic carbocycles. The first-order chi connectivity index (χ1) is 17.4. The lowest BCUT2D eigenvalue weighted by molar-refractivity contribution is -0.130. The maximum absolute atomic E-state index is 13.7. The Morgan fingerprint density at radius 3 is 2.69 bits per heavy atom. The minimum Gasteiger partial charge on any atom is -0.503 e. The lowest BCUT2D eigenvalue weighted by atomic mass is 9.96. The molecule has 9 heteroatoms. The molecule has 0 radical (unpaired) electrons. The molecule has 0 bridgehead atoms. The lowest BCUT2D eigenvalue weighted by Crippen LogP contribution is -2.30. The van der Waals surface area contributed by atoms with Crippen molar-refractivity contribution in [3.63, 3.8) is 0 Å². The van der Waals surface area contributed by atoms with Crippen molar-refractivity contribution in [2.24, 2.45) is 0 Å². The molecule has 0 fully saturated rings. The quantitative estimate of drug-likeness (QED) is 0.342. The zero-order valence-electron chi connectivity index (χ0n) is 19.4. The molecule has 0 saturated carbocycles. The standard InChI is InChI=1S/C27H21ClN2O6/c1-34-19-7-3-5-15(9-19)14-30-23(16-6-4-8-29-13-16)22(25(32)27(30)33)24(31)20-11-17-10-18(28)12-21(35-2)26(17)36-20/h3-13,23,32H,14H2,1-2H3. The number of hydrogen-bond donors (Lipinski definition) is 1. The Hall–Kier alpha value is -4.30. The number of amides is 1. The monoisotopic (exact) mass is 504 g/mol. The van der Waals surface area contributed by atoms with Crippen molar-refractivity contribution in [2.75, 3.05) is 14.2 Å². The summed E-state index contributed by atoms with van der Waals surface area (Å²) in [5.74, 6) is -1.01. The average molecular weight is 505 g/mol. The first-order valence-corrected chi connectivity index (χ1v) is 11.4. The van der Waals surface area contributed by atoms with Crippen LogP contribution in [0.2, 0.25) is 5.02 Å². The number of fused-ring (bicyclic) bond motifs is 1. The van der Waals surface area contributed by atoms with Crippen LogP contribution in [-0.4, -0.2) is 40.9 Å². The number of Topliss-reactive ketones (excluding diaryl/α,β-unsaturated/α-hetero) is 1. The van der Waals surface area contributed by atoms with E-state index in [2.05, 4.69) is 4.98 Å². The Morgan fingerprint density at radius 1 is 1.14 bits per heavy atom. The van der Waals surface area contributed by atoms with Crippen LogP contribution in [0.3, 0.4) is 0 Å². The van der Waals surface area contributed by atoms with Crippen LogP contribution in [0.25, 0.3) is 11.0 Å². The van der Waals surface area contributed by atoms with E-state index < -0.39 is 23.5 Å². The Bertz CT molecular complexity index is 1510. The second-order valence-corrected chi connectivity index (χ2v) is 8.64. The van der Waals surface area contributed by atoms with Crippen molar-refractivity contribution in [1.82, 2.24) is 9.88 Å². The third-order valence-corrected chi connectivity index (χ3v) is 6.24. The second-order valence-electron chi connectivity index (χ2n) is 8.20. The number of nitrogens with zero attached hydrogens (tertiary/aromatic N) is 2. The van der Waals surface area contributed by atoms with Crippen LogP contribution in [0, 0.1) is 0 Å². The van der Waals surface area contributed by atoms with E-state index in [1.165, 1.54) is 18.1 Å². The van der Waals surface area contributed by atoms with E-state index >= 15 is 0 Å². The summed E-state index contributed by atoms with van der Waals surface area (Å²) in [4.78, 5) is 32.6. The van der Waals surface area contributed by atoms with E-state index in [4.69, 9.17) is 25.5 Å². The molecule has 1 amide bonds. The van der Waals surface area contributed by atoms with Gasteiger partial charge in [-0.05, 0) is 41.5 Å². The Balaban J connectivity index is 1.59. The molecule has 182 valence electrons. The van der Waals surface area contributed by atoms with Crippen LogP contribution in [0.4, 0.5) is 0 Å². The molecular weight excluding hydrogens is 484 g/mol. The van der Waals surface area contributed by atoms with Gasteiger partial charge in [0, 0.05) is 35.4 Å². The minimum atomic E-state index is -0.886. The van der Waals surface area contributed by atoms with Gasteiger partial charge in [-0.2, -0.15) is 0 Å². The van der Waals surface area contributed by atoms with Crippen molar-refractivity contribution in [2.45, 2.75) is 12.6 Å². The number of ketones is 1. The predicted molar refractivity (Wildman–Crippen MR) is 132 cm³/mol. The highest BCUT2D eigenvalue weighted by molar-refractivity contribution is 6.31. The summed E-state index contributed by atoms with van der Waals surface area (Å²) in [6.45, 7) is 0.125. The molecular formula is C27H21ClN2O6. The van der Waals surface area contributed by atoms with Gasteiger partial charge in [-0.1, -0.05) is 29.8 Å². The molecule has 5 rings (SSSR count). The summed E-state index contributed by atoms with van der Waals surface area (Å²) in [5.41, 5.74) is 1.57. The maximum atomic E-state index is 13.7. The molecule has 36 heavy (non-hydrogen) atoms. The van der Waals surface area contributed by atoms with E-state index in [0.717, 1.165) is 5.56 Å². The van der Waals surface area contributed by atoms with E-state index in [1.807, 2.05) is 6.07 Å². The van der Waals surface area contributed by atoms with E-state index in [-0.39, 0.29) is 17.9 Å². The van der Waals surface area contributed by atoms with Crippen LogP contribution >= 0.6 is 11.6 Å². The van der Waals surface area contributed by atoms with Gasteiger partial charge in [-0.3, -0.25) is 14.6 Å². The van der Waals surface area contributed by atoms with Gasteiger partial charge in [-0.25, -0.2) is 0 Å². The SMILES string of the molecule is COc1cccc(CN2C(=O)C(O)=C(C(=O)c3cc4cc(Cl)cc(OC)c4o3)C2c2cccnc2)c1. The van der Waals surface area contributed by atoms with Gasteiger partial charge < -0.3 is 23.9 Å². The Labute approximate surface area is 211 Å². The second kappa shape index (κ2) is 9.39. The highest BCUT2D eigenvalue weighted by atomic mass is 35.5. The van der Waals surface area contributed by atoms with Gasteiger partial charge in [0.1, 0.15) is 5.75 Å². The van der Waals surface area contributed by atoms with E-state index in [0.29, 0.717) is 33.1 Å². The molecule has 1 N–H and O–H groups in total. The normalized spacial score (nSPS) is 15.6. The molecule has 1 atom stereocenters. The number of ether oxygens (including phenoxy) is 2. The fraction of sp³-hybridized carbons (Fsp3) is 0.148. The molecule has 4 aromatic rings. The first-order valence-electron chi connectivity index (χ1n) is 11.0. The van der Waals surface area contributed by atoms with Gasteiger partial charge in [0.25, 0.3) is 5.91 Å². The molecule has 1 aliphatic heterocycles. The summed E-state index contributed by atoms with van der Waals surface area (Å²) in [6.07, 6.45) is 3.15. The number of carbonyl (C=O) groups excluding carboxylic acids is 2. The number of hydrogen-bond acceptors (Lipinski definition) is 7. The topological polar surface area (TPSA) is 102 Å². The zero-order chi connectivity index (χ0) is 25.4. The van der Waals surface area contributed by atoms with Crippen molar-refractivity contribution in [3.05, 3.63) is 100 Å². The van der Waals surface area contributed by atoms with Crippen molar-refractivity contribution < 1.29 is 28.6 Å². The Morgan fingerprint density at radius 2 is 1.97 bits per heavy atom. The predicted octanol–water partition coefficient (Wildman–Crippen LogP) is 5.28. The molecule has 2 aromatic heterocycles. The largest absolute Gasteiger partial charge is 0.503 e. The third kappa shape index (κ3) is 4.05. The number of aromatic nitrogens is 1. The highest BCUT2D eigenvalue weighted by Gasteiger charge is 2.44. The van der Waals surface area contributed by atoms with Gasteiger partial charge in [0.15, 0.2) is 22.9 Å². The highest BCUT2D eigenvalue weighted by Crippen LogP contribution is 2.41. The number of aliphatic hydroxyl groups is 1. The van der Waals surface area contributed by atoms with Crippen molar-refractivity contribution >= 4 is 34.3 Å². The van der Waals surface area contributed by atoms with Crippen LogP contribution in [0.5, 0.6) is 11.5 Å². The summed E-state index contributed by atoms with van der Waals surface area (Å²) in [5, 5.41) is 11.9. The smallest absolute Gasteiger partial charge is 0.290 e. The van der Waals surface area contributed by atoms with Crippen LogP contribution in [0.15, 0.2) is 82.7 Å². The molecule has 0 aliphatic carbocycles. The number of benzene rings is 2. The molecule has 0 saturated heterocycles. The molecule has 1 aliphatic rings. The summed E-state index contributed by atoms with van der Waals surface area (Å²) < 4.78 is 16.4. The zero-order valence-corrected chi connectivity index (χ0v) is 20.2. The lowest BCUT2D eigenvalue weighted by Gasteiger charge is -2.26. The summed E-state index contributed by atoms with van der Waals surface area (Å²) in [6, 6.07) is 14.5. The third-order valence-electron chi connectivity index (χ3n) is 6.03. The number of carbonyl (C=O) groups is 2. The van der Waals surface area contributed by atoms with Crippen molar-refractivity contribution in [3.8, 4) is 11.5 Å². The number of pyridine rings is 1. The van der Waals surface area contributed by atoms with E-state index in [9.17, 15) is 14.7 Å². The fourth-order valence-corrected chi connectivity index (χ4v) is 4.60. The van der Waals surface area contributed by atoms with Crippen LogP contribution in [0.1, 0.15) is 27.7 Å². The Kier molecular flexibility index (Phi) is 6.12. The van der Waals surface area contributed by atoms with Gasteiger partial charge in [-0.15, -0.1) is 0 Å². The number of rotatable bonds is 7. The summed E-state index contributed by atoms with van der Waals surface area (Å²) >= 11 is 6.16. The molecule has 0 spiro atoms. The number of methoxy groups -OCH3 is 2. The molecule has 8 nitrogen and oxygen atoms in total. The van der Waals surface area contributed by atoms with Gasteiger partial charge in [0.2, 0.25) is 5.78 Å². The van der Waals surface area contributed by atoms with Crippen molar-refractivity contribution in [1.29, 1.82) is 0 Å². The number of aliphatic hydroxyl groups excluding tert-OH is 1. The maximum Gasteiger partial charge on any atom is 0.290 e. The van der Waals surface area contributed by atoms with Crippen LogP contribution < -0.4 is 9.47 Å². The number of halogens is 1. The fourth-order valence-electron chi connectivity index (χ4n) is 4.38. The summed E-state index contributed by atoms with van der Waals surface area (Å²) in [7, 11) is 3.02. The number of furan rings is 1. The van der Waals surface area contributed by atoms with Gasteiger partial charge in [0.05, 0.1) is 25.8 Å². The average Bonchev–Trinajstić information content (AvgIpc) is 3.43. The first kappa shape index (κ1) is 23.4. The molecule has 1 unspecified atom stereocenters. The minimum absolute atomic E-state index is 0.0583. The molecule has 3 heterocycles. The van der Waals surface area contributed by atoms with E-state index in [1.54, 1.807) is 62.0 Å². The van der Waals surface area contributed by atoms with Crippen LogP contribution in [-0.2, 0) is 11.3 Å². The van der Waals surface area contributed by atoms with Gasteiger partial charge >= 0.3 is 0 Å².